The summed E-state index contributed by atoms with van der Waals surface area (Å²) in [5, 5.41) is 11.8. The van der Waals surface area contributed by atoms with Gasteiger partial charge in [0.2, 0.25) is 0 Å². The minimum atomic E-state index is -1.00. The van der Waals surface area contributed by atoms with E-state index in [1.54, 1.807) is 0 Å². The summed E-state index contributed by atoms with van der Waals surface area (Å²) < 4.78 is 0. The van der Waals surface area contributed by atoms with E-state index in [0.29, 0.717) is 5.82 Å². The van der Waals surface area contributed by atoms with Crippen LogP contribution in [0.1, 0.15) is 22.2 Å². The Labute approximate surface area is 74.8 Å². The van der Waals surface area contributed by atoms with E-state index in [0.717, 1.165) is 13.1 Å². The molecule has 0 saturated carbocycles. The third-order valence-electron chi connectivity index (χ3n) is 2.04. The summed E-state index contributed by atoms with van der Waals surface area (Å²) >= 11 is 0. The monoisotopic (exact) mass is 179 g/mol. The van der Waals surface area contributed by atoms with Gasteiger partial charge in [-0.2, -0.15) is 0 Å². The molecule has 0 aliphatic carbocycles. The summed E-state index contributed by atoms with van der Waals surface area (Å²) in [6.45, 7) is 1.67. The van der Waals surface area contributed by atoms with Crippen LogP contribution in [0.15, 0.2) is 12.3 Å². The molecule has 1 aliphatic rings. The molecule has 2 heterocycles. The maximum absolute atomic E-state index is 10.6. The molecule has 1 aromatic rings. The molecule has 0 spiro atoms. The van der Waals surface area contributed by atoms with E-state index in [2.05, 4.69) is 15.3 Å². The lowest BCUT2D eigenvalue weighted by atomic mass is 10.0. The smallest absolute Gasteiger partial charge is 0.354 e. The fourth-order valence-electron chi connectivity index (χ4n) is 1.16. The van der Waals surface area contributed by atoms with Gasteiger partial charge in [-0.15, -0.1) is 0 Å². The molecule has 2 N–H and O–H groups in total. The first-order valence-electron chi connectivity index (χ1n) is 4.04. The Morgan fingerprint density at radius 2 is 2.38 bits per heavy atom. The molecular formula is C8H9N3O2. The third kappa shape index (κ3) is 1.50. The standard InChI is InChI=1S/C8H9N3O2/c12-8(13)6-1-2-10-7(11-6)5-3-9-4-5/h1-2,5,9H,3-4H2,(H,12,13). The van der Waals surface area contributed by atoms with Crippen molar-refractivity contribution in [1.29, 1.82) is 0 Å². The summed E-state index contributed by atoms with van der Waals surface area (Å²) in [6, 6.07) is 1.40. The molecule has 0 unspecified atom stereocenters. The van der Waals surface area contributed by atoms with Gasteiger partial charge in [-0.25, -0.2) is 14.8 Å². The highest BCUT2D eigenvalue weighted by Crippen LogP contribution is 2.14. The molecule has 0 aromatic carbocycles. The minimum Gasteiger partial charge on any atom is -0.477 e. The zero-order valence-corrected chi connectivity index (χ0v) is 6.90. The average molecular weight is 179 g/mol. The van der Waals surface area contributed by atoms with E-state index in [1.807, 2.05) is 0 Å². The number of nitrogens with one attached hydrogen (secondary N) is 1. The van der Waals surface area contributed by atoms with Gasteiger partial charge in [0.15, 0.2) is 5.69 Å². The highest BCUT2D eigenvalue weighted by atomic mass is 16.4. The van der Waals surface area contributed by atoms with Crippen molar-refractivity contribution in [3.8, 4) is 0 Å². The van der Waals surface area contributed by atoms with Crippen LogP contribution in [-0.2, 0) is 0 Å². The van der Waals surface area contributed by atoms with Gasteiger partial charge in [-0.1, -0.05) is 0 Å². The van der Waals surface area contributed by atoms with Crippen LogP contribution in [0.3, 0.4) is 0 Å². The van der Waals surface area contributed by atoms with Gasteiger partial charge in [0.05, 0.1) is 0 Å². The molecule has 1 aliphatic heterocycles. The van der Waals surface area contributed by atoms with Crippen molar-refractivity contribution in [1.82, 2.24) is 15.3 Å². The lowest BCUT2D eigenvalue weighted by Gasteiger charge is -2.25. The normalized spacial score (nSPS) is 16.6. The number of carbonyl (C=O) groups is 1. The first-order valence-corrected chi connectivity index (χ1v) is 4.04. The van der Waals surface area contributed by atoms with E-state index in [4.69, 9.17) is 5.11 Å². The van der Waals surface area contributed by atoms with Crippen LogP contribution in [0, 0.1) is 0 Å². The summed E-state index contributed by atoms with van der Waals surface area (Å²) in [5.41, 5.74) is 0.0666. The second kappa shape index (κ2) is 3.10. The van der Waals surface area contributed by atoms with E-state index in [1.165, 1.54) is 12.3 Å². The molecule has 2 rings (SSSR count). The van der Waals surface area contributed by atoms with Gasteiger partial charge in [-0.3, -0.25) is 0 Å². The fraction of sp³-hybridized carbons (Fsp3) is 0.375. The summed E-state index contributed by atoms with van der Waals surface area (Å²) in [4.78, 5) is 18.5. The molecule has 5 heteroatoms. The molecule has 5 nitrogen and oxygen atoms in total. The van der Waals surface area contributed by atoms with Crippen molar-refractivity contribution in [2.24, 2.45) is 0 Å². The van der Waals surface area contributed by atoms with Crippen LogP contribution in [-0.4, -0.2) is 34.1 Å². The fourth-order valence-corrected chi connectivity index (χ4v) is 1.16. The molecule has 0 radical (unpaired) electrons. The van der Waals surface area contributed by atoms with Crippen LogP contribution >= 0.6 is 0 Å². The van der Waals surface area contributed by atoms with Crippen molar-refractivity contribution in [2.45, 2.75) is 5.92 Å². The maximum atomic E-state index is 10.6. The lowest BCUT2D eigenvalue weighted by molar-refractivity contribution is 0.0689. The van der Waals surface area contributed by atoms with E-state index >= 15 is 0 Å². The number of rotatable bonds is 2. The average Bonchev–Trinajstić information content (AvgIpc) is 2.01. The number of aromatic carboxylic acids is 1. The predicted molar refractivity (Wildman–Crippen MR) is 44.6 cm³/mol. The van der Waals surface area contributed by atoms with Crippen LogP contribution in [0.2, 0.25) is 0 Å². The molecule has 0 amide bonds. The second-order valence-corrected chi connectivity index (χ2v) is 2.96. The zero-order valence-electron chi connectivity index (χ0n) is 6.90. The van der Waals surface area contributed by atoms with Crippen molar-refractivity contribution >= 4 is 5.97 Å². The van der Waals surface area contributed by atoms with Crippen LogP contribution in [0.4, 0.5) is 0 Å². The van der Waals surface area contributed by atoms with Gasteiger partial charge < -0.3 is 10.4 Å². The van der Waals surface area contributed by atoms with Gasteiger partial charge in [0.1, 0.15) is 5.82 Å². The largest absolute Gasteiger partial charge is 0.477 e. The Morgan fingerprint density at radius 3 is 2.92 bits per heavy atom. The van der Waals surface area contributed by atoms with Gasteiger partial charge in [0, 0.05) is 25.2 Å². The number of nitrogens with zero attached hydrogens (tertiary/aromatic N) is 2. The molecular weight excluding hydrogens is 170 g/mol. The van der Waals surface area contributed by atoms with E-state index in [-0.39, 0.29) is 11.6 Å². The topological polar surface area (TPSA) is 75.1 Å². The molecule has 13 heavy (non-hydrogen) atoms. The first-order chi connectivity index (χ1) is 6.27. The van der Waals surface area contributed by atoms with Crippen molar-refractivity contribution in [3.63, 3.8) is 0 Å². The predicted octanol–water partition coefficient (Wildman–Crippen LogP) is -0.138. The quantitative estimate of drug-likeness (QED) is 0.661. The van der Waals surface area contributed by atoms with E-state index < -0.39 is 5.97 Å². The number of carboxylic acids is 1. The first kappa shape index (κ1) is 8.12. The number of aromatic nitrogens is 2. The SMILES string of the molecule is O=C(O)c1ccnc(C2CNC2)n1. The Morgan fingerprint density at radius 1 is 1.62 bits per heavy atom. The molecule has 0 bridgehead atoms. The number of hydrogen-bond donors (Lipinski definition) is 2. The lowest BCUT2D eigenvalue weighted by Crippen LogP contribution is -2.41. The van der Waals surface area contributed by atoms with Gasteiger partial charge in [0.25, 0.3) is 0 Å². The Balaban J connectivity index is 2.26. The summed E-state index contributed by atoms with van der Waals surface area (Å²) in [6.07, 6.45) is 1.49. The van der Waals surface area contributed by atoms with Crippen LogP contribution in [0.25, 0.3) is 0 Å². The van der Waals surface area contributed by atoms with Gasteiger partial charge in [-0.05, 0) is 6.07 Å². The number of hydrogen-bond acceptors (Lipinski definition) is 4. The third-order valence-corrected chi connectivity index (χ3v) is 2.04. The molecule has 1 aromatic heterocycles. The Hall–Kier alpha value is -1.49. The Kier molecular flexibility index (Phi) is 1.94. The minimum absolute atomic E-state index is 0.0666. The van der Waals surface area contributed by atoms with Crippen molar-refractivity contribution in [2.75, 3.05) is 13.1 Å². The highest BCUT2D eigenvalue weighted by molar-refractivity contribution is 5.85. The van der Waals surface area contributed by atoms with Crippen molar-refractivity contribution in [3.05, 3.63) is 23.8 Å². The zero-order chi connectivity index (χ0) is 9.26. The highest BCUT2D eigenvalue weighted by Gasteiger charge is 2.22. The van der Waals surface area contributed by atoms with Crippen molar-refractivity contribution < 1.29 is 9.90 Å². The molecule has 68 valence electrons. The Bertz CT molecular complexity index is 336. The molecule has 0 atom stereocenters. The number of carboxylic acid groups (broad SMARTS) is 1. The summed E-state index contributed by atoms with van der Waals surface area (Å²) in [7, 11) is 0. The van der Waals surface area contributed by atoms with Gasteiger partial charge >= 0.3 is 5.97 Å². The maximum Gasteiger partial charge on any atom is 0.354 e. The van der Waals surface area contributed by atoms with Crippen LogP contribution < -0.4 is 5.32 Å². The molecule has 1 fully saturated rings. The second-order valence-electron chi connectivity index (χ2n) is 2.96. The van der Waals surface area contributed by atoms with Crippen LogP contribution in [0.5, 0.6) is 0 Å². The summed E-state index contributed by atoms with van der Waals surface area (Å²) in [5.74, 6) is -0.103. The molecule has 1 saturated heterocycles. The van der Waals surface area contributed by atoms with E-state index in [9.17, 15) is 4.79 Å².